The Labute approximate surface area is 160 Å². The van der Waals surface area contributed by atoms with Crippen LogP contribution in [0.5, 0.6) is 5.75 Å². The fraction of sp³-hybridized carbons (Fsp3) is 0.100. The summed E-state index contributed by atoms with van der Waals surface area (Å²) in [5.74, 6) is -0.744. The van der Waals surface area contributed by atoms with Gasteiger partial charge in [-0.1, -0.05) is 12.1 Å². The first-order valence-electron chi connectivity index (χ1n) is 8.16. The molecule has 0 aliphatic heterocycles. The normalized spacial score (nSPS) is 10.3. The molecule has 1 amide bonds. The van der Waals surface area contributed by atoms with Crippen LogP contribution in [-0.4, -0.2) is 24.1 Å². The molecule has 3 rings (SSSR count). The molecule has 27 heavy (non-hydrogen) atoms. The minimum absolute atomic E-state index is 0.112. The van der Waals surface area contributed by atoms with Gasteiger partial charge in [-0.05, 0) is 47.8 Å². The summed E-state index contributed by atoms with van der Waals surface area (Å²) in [6, 6.07) is 15.2. The zero-order valence-corrected chi connectivity index (χ0v) is 15.4. The number of anilines is 2. The average molecular weight is 382 g/mol. The van der Waals surface area contributed by atoms with Crippen LogP contribution in [0, 0.1) is 0 Å². The molecule has 0 unspecified atom stereocenters. The van der Waals surface area contributed by atoms with Crippen LogP contribution in [0.1, 0.15) is 25.6 Å². The maximum Gasteiger partial charge on any atom is 0.335 e. The third-order valence-corrected chi connectivity index (χ3v) is 4.74. The molecule has 0 atom stereocenters. The third-order valence-electron chi connectivity index (χ3n) is 3.86. The first kappa shape index (κ1) is 18.5. The number of benzene rings is 2. The Balaban J connectivity index is 1.77. The van der Waals surface area contributed by atoms with Gasteiger partial charge in [0.15, 0.2) is 0 Å². The molecule has 6 nitrogen and oxygen atoms in total. The molecule has 1 aromatic heterocycles. The maximum absolute atomic E-state index is 12.6. The highest BCUT2D eigenvalue weighted by Gasteiger charge is 2.12. The predicted molar refractivity (Wildman–Crippen MR) is 106 cm³/mol. The van der Waals surface area contributed by atoms with Gasteiger partial charge in [0.25, 0.3) is 5.91 Å². The second-order valence-corrected chi connectivity index (χ2v) is 6.72. The molecule has 0 saturated carbocycles. The van der Waals surface area contributed by atoms with Crippen molar-refractivity contribution in [2.24, 2.45) is 0 Å². The topological polar surface area (TPSA) is 87.7 Å². The zero-order chi connectivity index (χ0) is 19.2. The summed E-state index contributed by atoms with van der Waals surface area (Å²) in [6.07, 6.45) is 0. The maximum atomic E-state index is 12.6. The van der Waals surface area contributed by atoms with Crippen LogP contribution < -0.4 is 15.4 Å². The number of thiophene rings is 1. The number of carboxylic acid groups (broad SMARTS) is 1. The van der Waals surface area contributed by atoms with Crippen LogP contribution >= 0.6 is 11.3 Å². The molecule has 0 radical (unpaired) electrons. The molecule has 138 valence electrons. The van der Waals surface area contributed by atoms with Crippen LogP contribution in [0.25, 0.3) is 0 Å². The molecule has 7 heteroatoms. The highest BCUT2D eigenvalue weighted by Crippen LogP contribution is 2.27. The summed E-state index contributed by atoms with van der Waals surface area (Å²) in [7, 11) is 1.57. The second-order valence-electron chi connectivity index (χ2n) is 5.69. The van der Waals surface area contributed by atoms with Gasteiger partial charge in [-0.25, -0.2) is 4.79 Å². The quantitative estimate of drug-likeness (QED) is 0.566. The summed E-state index contributed by atoms with van der Waals surface area (Å²) < 4.78 is 5.35. The van der Waals surface area contributed by atoms with E-state index in [4.69, 9.17) is 9.84 Å². The van der Waals surface area contributed by atoms with E-state index in [9.17, 15) is 9.59 Å². The number of carbonyl (C=O) groups is 2. The van der Waals surface area contributed by atoms with Crippen LogP contribution in [0.3, 0.4) is 0 Å². The molecule has 0 aliphatic rings. The van der Waals surface area contributed by atoms with Crippen molar-refractivity contribution >= 4 is 34.6 Å². The zero-order valence-electron chi connectivity index (χ0n) is 14.6. The molecule has 0 bridgehead atoms. The summed E-state index contributed by atoms with van der Waals surface area (Å²) in [4.78, 5) is 24.8. The van der Waals surface area contributed by atoms with Gasteiger partial charge in [0.2, 0.25) is 0 Å². The van der Waals surface area contributed by atoms with E-state index >= 15 is 0 Å². The summed E-state index contributed by atoms with van der Waals surface area (Å²) in [6.45, 7) is 0.625. The highest BCUT2D eigenvalue weighted by molar-refractivity contribution is 7.09. The van der Waals surface area contributed by atoms with Gasteiger partial charge >= 0.3 is 5.97 Å². The molecule has 3 N–H and O–H groups in total. The third kappa shape index (κ3) is 4.65. The lowest BCUT2D eigenvalue weighted by molar-refractivity contribution is 0.0696. The Kier molecular flexibility index (Phi) is 5.73. The van der Waals surface area contributed by atoms with Gasteiger partial charge < -0.3 is 20.5 Å². The monoisotopic (exact) mass is 382 g/mol. The van der Waals surface area contributed by atoms with E-state index in [-0.39, 0.29) is 11.5 Å². The van der Waals surface area contributed by atoms with Crippen molar-refractivity contribution in [1.82, 2.24) is 0 Å². The SMILES string of the molecule is COc1ccc(C(=O)Nc2cccc(C(=O)O)c2)cc1NCc1cccs1. The van der Waals surface area contributed by atoms with E-state index in [1.807, 2.05) is 17.5 Å². The van der Waals surface area contributed by atoms with Gasteiger partial charge in [-0.2, -0.15) is 0 Å². The fourth-order valence-corrected chi connectivity index (χ4v) is 3.16. The number of carbonyl (C=O) groups excluding carboxylic acids is 1. The van der Waals surface area contributed by atoms with Gasteiger partial charge in [0.1, 0.15) is 5.75 Å². The minimum atomic E-state index is -1.05. The summed E-state index contributed by atoms with van der Waals surface area (Å²) >= 11 is 1.64. The minimum Gasteiger partial charge on any atom is -0.495 e. The number of hydrogen-bond donors (Lipinski definition) is 3. The Morgan fingerprint density at radius 1 is 1.07 bits per heavy atom. The van der Waals surface area contributed by atoms with Crippen molar-refractivity contribution in [2.45, 2.75) is 6.54 Å². The lowest BCUT2D eigenvalue weighted by Crippen LogP contribution is -2.13. The van der Waals surface area contributed by atoms with Crippen molar-refractivity contribution in [3.8, 4) is 5.75 Å². The Bertz CT molecular complexity index is 954. The molecule has 2 aromatic carbocycles. The molecule has 1 heterocycles. The lowest BCUT2D eigenvalue weighted by Gasteiger charge is -2.13. The highest BCUT2D eigenvalue weighted by atomic mass is 32.1. The number of aromatic carboxylic acids is 1. The van der Waals surface area contributed by atoms with Crippen LogP contribution in [-0.2, 0) is 6.54 Å². The molecular formula is C20H18N2O4S. The van der Waals surface area contributed by atoms with E-state index in [1.165, 1.54) is 12.1 Å². The van der Waals surface area contributed by atoms with Crippen LogP contribution in [0.4, 0.5) is 11.4 Å². The summed E-state index contributed by atoms with van der Waals surface area (Å²) in [5, 5.41) is 17.1. The Morgan fingerprint density at radius 2 is 1.93 bits per heavy atom. The molecular weight excluding hydrogens is 364 g/mol. The van der Waals surface area contributed by atoms with E-state index in [0.29, 0.717) is 29.2 Å². The number of methoxy groups -OCH3 is 1. The molecule has 0 fully saturated rings. The molecule has 0 saturated heterocycles. The number of rotatable bonds is 7. The molecule has 0 spiro atoms. The van der Waals surface area contributed by atoms with Crippen LogP contribution in [0.15, 0.2) is 60.0 Å². The van der Waals surface area contributed by atoms with E-state index in [0.717, 1.165) is 4.88 Å². The number of ether oxygens (including phenoxy) is 1. The first-order valence-corrected chi connectivity index (χ1v) is 9.04. The average Bonchev–Trinajstić information content (AvgIpc) is 3.20. The fourth-order valence-electron chi connectivity index (χ4n) is 2.52. The van der Waals surface area contributed by atoms with Gasteiger partial charge in [-0.3, -0.25) is 4.79 Å². The van der Waals surface area contributed by atoms with Gasteiger partial charge in [-0.15, -0.1) is 11.3 Å². The molecule has 3 aromatic rings. The van der Waals surface area contributed by atoms with E-state index < -0.39 is 5.97 Å². The van der Waals surface area contributed by atoms with Crippen LogP contribution in [0.2, 0.25) is 0 Å². The Morgan fingerprint density at radius 3 is 2.63 bits per heavy atom. The number of nitrogens with one attached hydrogen (secondary N) is 2. The smallest absolute Gasteiger partial charge is 0.335 e. The van der Waals surface area contributed by atoms with Gasteiger partial charge in [0.05, 0.1) is 18.4 Å². The first-order chi connectivity index (χ1) is 13.1. The van der Waals surface area contributed by atoms with Crippen molar-refractivity contribution in [3.05, 3.63) is 76.0 Å². The Hall–Kier alpha value is -3.32. The largest absolute Gasteiger partial charge is 0.495 e. The number of hydrogen-bond acceptors (Lipinski definition) is 5. The van der Waals surface area contributed by atoms with E-state index in [2.05, 4.69) is 10.6 Å². The van der Waals surface area contributed by atoms with Gasteiger partial charge in [0, 0.05) is 22.7 Å². The van der Waals surface area contributed by atoms with Crippen molar-refractivity contribution in [3.63, 3.8) is 0 Å². The second kappa shape index (κ2) is 8.37. The van der Waals surface area contributed by atoms with E-state index in [1.54, 1.807) is 48.8 Å². The molecule has 0 aliphatic carbocycles. The van der Waals surface area contributed by atoms with Crippen molar-refractivity contribution in [1.29, 1.82) is 0 Å². The number of amides is 1. The summed E-state index contributed by atoms with van der Waals surface area (Å²) in [5.41, 5.74) is 1.67. The standard InChI is InChI=1S/C20H18N2O4S/c1-26-18-8-7-13(11-17(18)21-12-16-6-3-9-27-16)19(23)22-15-5-2-4-14(10-15)20(24)25/h2-11,21H,12H2,1H3,(H,22,23)(H,24,25). The lowest BCUT2D eigenvalue weighted by atomic mass is 10.1. The van der Waals surface area contributed by atoms with Crippen molar-refractivity contribution in [2.75, 3.05) is 17.7 Å². The predicted octanol–water partition coefficient (Wildman–Crippen LogP) is 4.32. The van der Waals surface area contributed by atoms with Crippen molar-refractivity contribution < 1.29 is 19.4 Å². The number of carboxylic acids is 1.